The quantitative estimate of drug-likeness (QED) is 0.481. The van der Waals surface area contributed by atoms with Crippen LogP contribution in [0, 0.1) is 0 Å². The molecule has 2 nitrogen and oxygen atoms in total. The summed E-state index contributed by atoms with van der Waals surface area (Å²) in [6.45, 7) is 0.655. The molecule has 0 radical (unpaired) electrons. The minimum Gasteiger partial charge on any atom is -0.493 e. The molecule has 1 heterocycles. The van der Waals surface area contributed by atoms with E-state index in [9.17, 15) is 0 Å². The molecule has 0 unspecified atom stereocenters. The van der Waals surface area contributed by atoms with Crippen LogP contribution in [-0.4, -0.2) is 17.3 Å². The minimum absolute atomic E-state index is 0.655. The molecular weight excluding hydrogens is 310 g/mol. The molecule has 0 saturated carbocycles. The van der Waals surface area contributed by atoms with E-state index in [4.69, 9.17) is 16.3 Å². The van der Waals surface area contributed by atoms with Gasteiger partial charge in [-0.1, -0.05) is 35.5 Å². The van der Waals surface area contributed by atoms with Crippen molar-refractivity contribution < 1.29 is 4.74 Å². The van der Waals surface area contributed by atoms with Crippen LogP contribution in [0.5, 0.6) is 5.75 Å². The number of ether oxygens (including phenoxy) is 1. The number of fused-ring (bicyclic) bond motifs is 1. The van der Waals surface area contributed by atoms with E-state index in [2.05, 4.69) is 11.1 Å². The summed E-state index contributed by atoms with van der Waals surface area (Å²) in [5.74, 6) is 1.72. The van der Waals surface area contributed by atoms with E-state index < -0.39 is 0 Å². The predicted molar refractivity (Wildman–Crippen MR) is 87.3 cm³/mol. The van der Waals surface area contributed by atoms with Crippen LogP contribution in [0.1, 0.15) is 0 Å². The van der Waals surface area contributed by atoms with Crippen LogP contribution in [0.4, 0.5) is 0 Å². The van der Waals surface area contributed by atoms with E-state index in [0.29, 0.717) is 6.61 Å². The van der Waals surface area contributed by atoms with Crippen LogP contribution in [-0.2, 0) is 0 Å². The SMILES string of the molecule is Clc1ccc(OCCSc2nc3ccccc3s2)cc1. The lowest BCUT2D eigenvalue weighted by molar-refractivity contribution is 0.344. The fourth-order valence-corrected chi connectivity index (χ4v) is 3.81. The largest absolute Gasteiger partial charge is 0.493 e. The first-order valence-corrected chi connectivity index (χ1v) is 8.36. The topological polar surface area (TPSA) is 22.1 Å². The van der Waals surface area contributed by atoms with Crippen LogP contribution in [0.2, 0.25) is 5.02 Å². The lowest BCUT2D eigenvalue weighted by Crippen LogP contribution is -1.99. The summed E-state index contributed by atoms with van der Waals surface area (Å²) in [5, 5.41) is 0.723. The maximum Gasteiger partial charge on any atom is 0.151 e. The summed E-state index contributed by atoms with van der Waals surface area (Å²) in [6.07, 6.45) is 0. The van der Waals surface area contributed by atoms with E-state index in [1.165, 1.54) is 4.70 Å². The molecule has 20 heavy (non-hydrogen) atoms. The summed E-state index contributed by atoms with van der Waals surface area (Å²) >= 11 is 9.27. The molecule has 0 aliphatic carbocycles. The first kappa shape index (κ1) is 13.7. The van der Waals surface area contributed by atoms with Crippen LogP contribution < -0.4 is 4.74 Å². The van der Waals surface area contributed by atoms with E-state index in [-0.39, 0.29) is 0 Å². The number of benzene rings is 2. The summed E-state index contributed by atoms with van der Waals surface area (Å²) in [5.41, 5.74) is 1.07. The smallest absolute Gasteiger partial charge is 0.151 e. The highest BCUT2D eigenvalue weighted by Gasteiger charge is 2.03. The second-order valence-electron chi connectivity index (χ2n) is 4.10. The molecule has 0 aliphatic heterocycles. The Morgan fingerprint density at radius 3 is 2.70 bits per heavy atom. The van der Waals surface area contributed by atoms with Crippen LogP contribution in [0.25, 0.3) is 10.2 Å². The maximum atomic E-state index is 5.83. The molecule has 1 aromatic heterocycles. The molecule has 102 valence electrons. The summed E-state index contributed by atoms with van der Waals surface area (Å²) in [7, 11) is 0. The number of nitrogens with zero attached hydrogens (tertiary/aromatic N) is 1. The molecule has 2 aromatic carbocycles. The van der Waals surface area contributed by atoms with E-state index in [1.807, 2.05) is 42.5 Å². The Hall–Kier alpha value is -1.23. The van der Waals surface area contributed by atoms with Gasteiger partial charge < -0.3 is 4.74 Å². The van der Waals surface area contributed by atoms with Crippen molar-refractivity contribution in [3.8, 4) is 5.75 Å². The Balaban J connectivity index is 1.51. The third-order valence-corrected chi connectivity index (χ3v) is 5.06. The third-order valence-electron chi connectivity index (χ3n) is 2.67. The standard InChI is InChI=1S/C15H12ClNOS2/c16-11-5-7-12(8-6-11)18-9-10-19-15-17-13-3-1-2-4-14(13)20-15/h1-8H,9-10H2. The molecule has 0 saturated heterocycles. The second-order valence-corrected chi connectivity index (χ2v) is 6.91. The lowest BCUT2D eigenvalue weighted by atomic mass is 10.3. The Bertz CT molecular complexity index is 663. The van der Waals surface area contributed by atoms with Crippen LogP contribution in [0.15, 0.2) is 52.9 Å². The first-order valence-electron chi connectivity index (χ1n) is 6.18. The lowest BCUT2D eigenvalue weighted by Gasteiger charge is -2.04. The van der Waals surface area contributed by atoms with Crippen LogP contribution >= 0.6 is 34.7 Å². The van der Waals surface area contributed by atoms with Crippen molar-refractivity contribution >= 4 is 44.9 Å². The minimum atomic E-state index is 0.655. The normalized spacial score (nSPS) is 10.8. The van der Waals surface area contributed by atoms with Gasteiger partial charge in [-0.15, -0.1) is 11.3 Å². The molecular formula is C15H12ClNOS2. The molecule has 0 atom stereocenters. The molecule has 0 fully saturated rings. The van der Waals surface area contributed by atoms with Gasteiger partial charge >= 0.3 is 0 Å². The number of thioether (sulfide) groups is 1. The summed E-state index contributed by atoms with van der Waals surface area (Å²) < 4.78 is 7.97. The Labute approximate surface area is 130 Å². The Morgan fingerprint density at radius 2 is 1.90 bits per heavy atom. The average Bonchev–Trinajstić information content (AvgIpc) is 2.88. The van der Waals surface area contributed by atoms with Gasteiger partial charge in [0.1, 0.15) is 5.75 Å². The molecule has 0 amide bonds. The predicted octanol–water partition coefficient (Wildman–Crippen LogP) is 5.12. The van der Waals surface area contributed by atoms with Crippen LogP contribution in [0.3, 0.4) is 0 Å². The number of rotatable bonds is 5. The number of hydrogen-bond donors (Lipinski definition) is 0. The van der Waals surface area contributed by atoms with Gasteiger partial charge in [-0.05, 0) is 36.4 Å². The van der Waals surface area contributed by atoms with Gasteiger partial charge in [-0.3, -0.25) is 0 Å². The van der Waals surface area contributed by atoms with E-state index in [0.717, 1.165) is 26.4 Å². The highest BCUT2D eigenvalue weighted by Crippen LogP contribution is 2.29. The fourth-order valence-electron chi connectivity index (χ4n) is 1.73. The third kappa shape index (κ3) is 3.45. The van der Waals surface area contributed by atoms with Crippen molar-refractivity contribution in [3.63, 3.8) is 0 Å². The molecule has 3 rings (SSSR count). The van der Waals surface area contributed by atoms with E-state index >= 15 is 0 Å². The molecule has 5 heteroatoms. The number of hydrogen-bond acceptors (Lipinski definition) is 4. The van der Waals surface area contributed by atoms with E-state index in [1.54, 1.807) is 23.1 Å². The maximum absolute atomic E-state index is 5.83. The zero-order valence-electron chi connectivity index (χ0n) is 10.6. The van der Waals surface area contributed by atoms with Gasteiger partial charge in [0.05, 0.1) is 16.8 Å². The average molecular weight is 322 g/mol. The zero-order chi connectivity index (χ0) is 13.8. The first-order chi connectivity index (χ1) is 9.81. The Kier molecular flexibility index (Phi) is 4.45. The number of thiazole rings is 1. The van der Waals surface area contributed by atoms with Gasteiger partial charge in [0, 0.05) is 10.8 Å². The fraction of sp³-hybridized carbons (Fsp3) is 0.133. The highest BCUT2D eigenvalue weighted by molar-refractivity contribution is 8.01. The zero-order valence-corrected chi connectivity index (χ0v) is 13.0. The van der Waals surface area contributed by atoms with Crippen molar-refractivity contribution in [2.45, 2.75) is 4.34 Å². The van der Waals surface area contributed by atoms with Gasteiger partial charge in [0.2, 0.25) is 0 Å². The van der Waals surface area contributed by atoms with Gasteiger partial charge in [0.15, 0.2) is 4.34 Å². The van der Waals surface area contributed by atoms with Crippen molar-refractivity contribution in [2.24, 2.45) is 0 Å². The van der Waals surface area contributed by atoms with Gasteiger partial charge in [0.25, 0.3) is 0 Å². The number of halogens is 1. The van der Waals surface area contributed by atoms with Gasteiger partial charge in [-0.25, -0.2) is 4.98 Å². The summed E-state index contributed by atoms with van der Waals surface area (Å²) in [6, 6.07) is 15.6. The molecule has 0 aliphatic rings. The second kappa shape index (κ2) is 6.48. The molecule has 0 bridgehead atoms. The monoisotopic (exact) mass is 321 g/mol. The molecule has 0 spiro atoms. The van der Waals surface area contributed by atoms with Crippen molar-refractivity contribution in [1.82, 2.24) is 4.98 Å². The molecule has 0 N–H and O–H groups in total. The molecule has 3 aromatic rings. The number of para-hydroxylation sites is 1. The summed E-state index contributed by atoms with van der Waals surface area (Å²) in [4.78, 5) is 4.58. The van der Waals surface area contributed by atoms with Crippen molar-refractivity contribution in [3.05, 3.63) is 53.6 Å². The van der Waals surface area contributed by atoms with Gasteiger partial charge in [-0.2, -0.15) is 0 Å². The Morgan fingerprint density at radius 1 is 1.10 bits per heavy atom. The van der Waals surface area contributed by atoms with Crippen molar-refractivity contribution in [1.29, 1.82) is 0 Å². The number of aromatic nitrogens is 1. The highest BCUT2D eigenvalue weighted by atomic mass is 35.5. The van der Waals surface area contributed by atoms with Crippen molar-refractivity contribution in [2.75, 3.05) is 12.4 Å².